The van der Waals surface area contributed by atoms with E-state index in [2.05, 4.69) is 5.32 Å². The van der Waals surface area contributed by atoms with E-state index in [-0.39, 0.29) is 6.42 Å². The molecule has 0 radical (unpaired) electrons. The number of amides is 2. The minimum atomic E-state index is -1.30. The summed E-state index contributed by atoms with van der Waals surface area (Å²) in [6, 6.07) is 8.33. The average Bonchev–Trinajstić information content (AvgIpc) is 2.39. The number of primary amides is 2. The summed E-state index contributed by atoms with van der Waals surface area (Å²) in [7, 11) is 1.63. The predicted molar refractivity (Wildman–Crippen MR) is 72.8 cm³/mol. The fourth-order valence-electron chi connectivity index (χ4n) is 1.95. The van der Waals surface area contributed by atoms with Crippen LogP contribution in [0.3, 0.4) is 0 Å². The molecule has 0 fully saturated rings. The Morgan fingerprint density at radius 1 is 1.26 bits per heavy atom. The van der Waals surface area contributed by atoms with Crippen LogP contribution >= 0.6 is 0 Å². The van der Waals surface area contributed by atoms with Crippen molar-refractivity contribution < 1.29 is 9.59 Å². The maximum atomic E-state index is 11.7. The SMILES string of the molecule is CNC(CCC(N)(C(N)=O)c1ccccc1)C(N)=O. The highest BCUT2D eigenvalue weighted by atomic mass is 16.2. The second-order valence-corrected chi connectivity index (χ2v) is 4.48. The smallest absolute Gasteiger partial charge is 0.242 e. The standard InChI is InChI=1S/C13H20N4O2/c1-17-10(11(14)18)7-8-13(16,12(15)19)9-5-3-2-4-6-9/h2-6,10,17H,7-8,16H2,1H3,(H2,14,18)(H2,15,19). The fourth-order valence-corrected chi connectivity index (χ4v) is 1.95. The van der Waals surface area contributed by atoms with Gasteiger partial charge in [-0.05, 0) is 25.5 Å². The molecule has 1 rings (SSSR count). The molecule has 0 bridgehead atoms. The first kappa shape index (κ1) is 15.1. The summed E-state index contributed by atoms with van der Waals surface area (Å²) in [5, 5.41) is 2.78. The Morgan fingerprint density at radius 2 is 1.84 bits per heavy atom. The van der Waals surface area contributed by atoms with E-state index in [1.54, 1.807) is 31.3 Å². The van der Waals surface area contributed by atoms with Crippen LogP contribution in [0.4, 0.5) is 0 Å². The Balaban J connectivity index is 2.90. The molecule has 6 heteroatoms. The molecular weight excluding hydrogens is 244 g/mol. The lowest BCUT2D eigenvalue weighted by Crippen LogP contribution is -2.51. The van der Waals surface area contributed by atoms with E-state index in [1.165, 1.54) is 0 Å². The number of carbonyl (C=O) groups is 2. The largest absolute Gasteiger partial charge is 0.368 e. The van der Waals surface area contributed by atoms with Crippen molar-refractivity contribution in [3.63, 3.8) is 0 Å². The van der Waals surface area contributed by atoms with Gasteiger partial charge in [-0.2, -0.15) is 0 Å². The number of hydrogen-bond acceptors (Lipinski definition) is 4. The Morgan fingerprint density at radius 3 is 2.26 bits per heavy atom. The zero-order valence-corrected chi connectivity index (χ0v) is 10.9. The number of benzene rings is 1. The van der Waals surface area contributed by atoms with Gasteiger partial charge in [0.2, 0.25) is 11.8 Å². The van der Waals surface area contributed by atoms with Crippen LogP contribution in [0.5, 0.6) is 0 Å². The quantitative estimate of drug-likeness (QED) is 0.513. The van der Waals surface area contributed by atoms with Crippen LogP contribution in [0.25, 0.3) is 0 Å². The lowest BCUT2D eigenvalue weighted by atomic mass is 9.84. The highest BCUT2D eigenvalue weighted by molar-refractivity contribution is 5.86. The van der Waals surface area contributed by atoms with Crippen molar-refractivity contribution in [2.45, 2.75) is 24.4 Å². The summed E-state index contributed by atoms with van der Waals surface area (Å²) in [5.41, 5.74) is 16.1. The number of nitrogens with two attached hydrogens (primary N) is 3. The molecule has 2 atom stereocenters. The summed E-state index contributed by atoms with van der Waals surface area (Å²) < 4.78 is 0. The van der Waals surface area contributed by atoms with E-state index >= 15 is 0 Å². The normalized spacial score (nSPS) is 15.5. The Hall–Kier alpha value is -1.92. The lowest BCUT2D eigenvalue weighted by molar-refractivity contribution is -0.125. The van der Waals surface area contributed by atoms with Crippen molar-refractivity contribution in [3.05, 3.63) is 35.9 Å². The van der Waals surface area contributed by atoms with Crippen molar-refractivity contribution in [1.29, 1.82) is 0 Å². The molecule has 0 aliphatic rings. The number of rotatable bonds is 7. The first-order valence-corrected chi connectivity index (χ1v) is 6.02. The Bertz CT molecular complexity index is 449. The fraction of sp³-hybridized carbons (Fsp3) is 0.385. The van der Waals surface area contributed by atoms with E-state index in [0.717, 1.165) is 0 Å². The van der Waals surface area contributed by atoms with Crippen LogP contribution in [0.15, 0.2) is 30.3 Å². The summed E-state index contributed by atoms with van der Waals surface area (Å²) in [5.74, 6) is -1.11. The zero-order valence-electron chi connectivity index (χ0n) is 10.9. The molecule has 0 aliphatic heterocycles. The molecule has 0 saturated heterocycles. The summed E-state index contributed by atoms with van der Waals surface area (Å²) in [6.07, 6.45) is 0.570. The van der Waals surface area contributed by atoms with Crippen LogP contribution < -0.4 is 22.5 Å². The molecule has 0 spiro atoms. The molecule has 19 heavy (non-hydrogen) atoms. The van der Waals surface area contributed by atoms with Crippen LogP contribution in [-0.2, 0) is 15.1 Å². The van der Waals surface area contributed by atoms with Crippen molar-refractivity contribution >= 4 is 11.8 Å². The molecule has 2 amide bonds. The van der Waals surface area contributed by atoms with E-state index in [4.69, 9.17) is 17.2 Å². The summed E-state index contributed by atoms with van der Waals surface area (Å²) in [6.45, 7) is 0. The van der Waals surface area contributed by atoms with Gasteiger partial charge in [0.1, 0.15) is 5.54 Å². The van der Waals surface area contributed by atoms with Crippen molar-refractivity contribution in [3.8, 4) is 0 Å². The number of nitrogens with one attached hydrogen (secondary N) is 1. The van der Waals surface area contributed by atoms with Gasteiger partial charge in [-0.25, -0.2) is 0 Å². The first-order valence-electron chi connectivity index (χ1n) is 6.02. The van der Waals surface area contributed by atoms with Crippen LogP contribution in [0.2, 0.25) is 0 Å². The van der Waals surface area contributed by atoms with Gasteiger partial charge >= 0.3 is 0 Å². The summed E-state index contributed by atoms with van der Waals surface area (Å²) in [4.78, 5) is 22.8. The monoisotopic (exact) mass is 264 g/mol. The molecule has 0 aliphatic carbocycles. The van der Waals surface area contributed by atoms with E-state index in [1.807, 2.05) is 6.07 Å². The van der Waals surface area contributed by atoms with Gasteiger partial charge in [-0.1, -0.05) is 30.3 Å². The minimum Gasteiger partial charge on any atom is -0.368 e. The van der Waals surface area contributed by atoms with Crippen molar-refractivity contribution in [1.82, 2.24) is 5.32 Å². The first-order chi connectivity index (χ1) is 8.91. The maximum Gasteiger partial charge on any atom is 0.242 e. The molecule has 1 aromatic carbocycles. The lowest BCUT2D eigenvalue weighted by Gasteiger charge is -2.27. The van der Waals surface area contributed by atoms with Crippen LogP contribution in [0, 0.1) is 0 Å². The van der Waals surface area contributed by atoms with Gasteiger partial charge in [0.15, 0.2) is 0 Å². The molecule has 6 nitrogen and oxygen atoms in total. The predicted octanol–water partition coefficient (Wildman–Crippen LogP) is -0.821. The summed E-state index contributed by atoms with van der Waals surface area (Å²) >= 11 is 0. The number of likely N-dealkylation sites (N-methyl/N-ethyl adjacent to an activating group) is 1. The topological polar surface area (TPSA) is 124 Å². The van der Waals surface area contributed by atoms with E-state index in [9.17, 15) is 9.59 Å². The van der Waals surface area contributed by atoms with Crippen molar-refractivity contribution in [2.24, 2.45) is 17.2 Å². The average molecular weight is 264 g/mol. The molecule has 0 aromatic heterocycles. The molecule has 0 saturated carbocycles. The molecule has 0 heterocycles. The van der Waals surface area contributed by atoms with E-state index < -0.39 is 23.4 Å². The minimum absolute atomic E-state index is 0.237. The maximum absolute atomic E-state index is 11.7. The van der Waals surface area contributed by atoms with Gasteiger partial charge in [0, 0.05) is 0 Å². The van der Waals surface area contributed by atoms with Gasteiger partial charge < -0.3 is 22.5 Å². The Kier molecular flexibility index (Phi) is 5.02. The van der Waals surface area contributed by atoms with Gasteiger partial charge in [0.25, 0.3) is 0 Å². The van der Waals surface area contributed by atoms with E-state index in [0.29, 0.717) is 12.0 Å². The van der Waals surface area contributed by atoms with Crippen LogP contribution in [0.1, 0.15) is 18.4 Å². The third-order valence-corrected chi connectivity index (χ3v) is 3.25. The van der Waals surface area contributed by atoms with Gasteiger partial charge in [0.05, 0.1) is 6.04 Å². The molecular formula is C13H20N4O2. The van der Waals surface area contributed by atoms with Gasteiger partial charge in [-0.3, -0.25) is 9.59 Å². The van der Waals surface area contributed by atoms with Crippen molar-refractivity contribution in [2.75, 3.05) is 7.05 Å². The zero-order chi connectivity index (χ0) is 14.5. The molecule has 104 valence electrons. The molecule has 7 N–H and O–H groups in total. The second kappa shape index (κ2) is 6.31. The third-order valence-electron chi connectivity index (χ3n) is 3.25. The van der Waals surface area contributed by atoms with Gasteiger partial charge in [-0.15, -0.1) is 0 Å². The Labute approximate surface area is 112 Å². The molecule has 1 aromatic rings. The highest BCUT2D eigenvalue weighted by Crippen LogP contribution is 2.24. The second-order valence-electron chi connectivity index (χ2n) is 4.48. The highest BCUT2D eigenvalue weighted by Gasteiger charge is 2.34. The third kappa shape index (κ3) is 3.52. The number of carbonyl (C=O) groups excluding carboxylic acids is 2. The molecule has 2 unspecified atom stereocenters. The number of hydrogen-bond donors (Lipinski definition) is 4. The van der Waals surface area contributed by atoms with Crippen LogP contribution in [-0.4, -0.2) is 24.9 Å².